The van der Waals surface area contributed by atoms with Gasteiger partial charge in [-0.3, -0.25) is 14.6 Å². The summed E-state index contributed by atoms with van der Waals surface area (Å²) in [5.41, 5.74) is 1.09. The number of nitrogens with zero attached hydrogens (tertiary/aromatic N) is 2. The van der Waals surface area contributed by atoms with Gasteiger partial charge < -0.3 is 15.5 Å². The summed E-state index contributed by atoms with van der Waals surface area (Å²) in [6.07, 6.45) is 2.81. The number of benzene rings is 1. The molecular weight excluding hydrogens is 363 g/mol. The zero-order valence-electron chi connectivity index (χ0n) is 13.8. The van der Waals surface area contributed by atoms with Crippen LogP contribution in [-0.2, 0) is 0 Å². The van der Waals surface area contributed by atoms with E-state index in [0.717, 1.165) is 6.54 Å². The van der Waals surface area contributed by atoms with Crippen molar-refractivity contribution in [3.63, 3.8) is 0 Å². The summed E-state index contributed by atoms with van der Waals surface area (Å²) < 4.78 is 0. The third kappa shape index (κ3) is 5.70. The lowest BCUT2D eigenvalue weighted by atomic mass is 10.2. The second-order valence-corrected chi connectivity index (χ2v) is 6.42. The average molecular weight is 381 g/mol. The first kappa shape index (κ1) is 19.2. The lowest BCUT2D eigenvalue weighted by molar-refractivity contribution is 0.0950. The molecule has 0 spiro atoms. The standard InChI is InChI=1S/C17H18Cl2N4O2/c1-23(2)6-5-21-16(24)11-7-12(10-20-9-11)17(25)22-13-3-4-14(18)15(19)8-13/h3-4,7-10H,5-6H2,1-2H3,(H,21,24)(H,22,25). The molecule has 6 nitrogen and oxygen atoms in total. The lowest BCUT2D eigenvalue weighted by Crippen LogP contribution is -2.31. The molecule has 1 aromatic heterocycles. The molecule has 0 saturated carbocycles. The molecule has 0 aliphatic heterocycles. The Balaban J connectivity index is 2.05. The van der Waals surface area contributed by atoms with Crippen molar-refractivity contribution in [2.45, 2.75) is 0 Å². The number of aromatic nitrogens is 1. The van der Waals surface area contributed by atoms with Gasteiger partial charge in [-0.05, 0) is 38.4 Å². The minimum Gasteiger partial charge on any atom is -0.351 e. The zero-order valence-corrected chi connectivity index (χ0v) is 15.4. The lowest BCUT2D eigenvalue weighted by Gasteiger charge is -2.11. The Kier molecular flexibility index (Phi) is 6.75. The predicted octanol–water partition coefficient (Wildman–Crippen LogP) is 2.93. The van der Waals surface area contributed by atoms with E-state index in [0.29, 0.717) is 27.8 Å². The molecule has 0 bridgehead atoms. The molecule has 0 fully saturated rings. The average Bonchev–Trinajstić information content (AvgIpc) is 2.58. The van der Waals surface area contributed by atoms with Crippen LogP contribution in [0, 0.1) is 0 Å². The fourth-order valence-corrected chi connectivity index (χ4v) is 2.26. The van der Waals surface area contributed by atoms with Crippen molar-refractivity contribution in [2.24, 2.45) is 0 Å². The number of carbonyl (C=O) groups excluding carboxylic acids is 2. The van der Waals surface area contributed by atoms with E-state index in [1.54, 1.807) is 18.2 Å². The molecule has 2 rings (SSSR count). The number of hydrogen-bond donors (Lipinski definition) is 2. The molecule has 25 heavy (non-hydrogen) atoms. The number of anilines is 1. The van der Waals surface area contributed by atoms with Crippen LogP contribution in [0.2, 0.25) is 10.0 Å². The third-order valence-electron chi connectivity index (χ3n) is 3.28. The highest BCUT2D eigenvalue weighted by Gasteiger charge is 2.12. The highest BCUT2D eigenvalue weighted by molar-refractivity contribution is 6.42. The summed E-state index contributed by atoms with van der Waals surface area (Å²) in [6.45, 7) is 1.22. The van der Waals surface area contributed by atoms with Crippen molar-refractivity contribution < 1.29 is 9.59 Å². The molecule has 2 N–H and O–H groups in total. The number of rotatable bonds is 6. The molecule has 8 heteroatoms. The zero-order chi connectivity index (χ0) is 18.4. The second kappa shape index (κ2) is 8.80. The van der Waals surface area contributed by atoms with E-state index in [-0.39, 0.29) is 11.5 Å². The van der Waals surface area contributed by atoms with Crippen molar-refractivity contribution in [2.75, 3.05) is 32.5 Å². The van der Waals surface area contributed by atoms with Crippen LogP contribution in [0.3, 0.4) is 0 Å². The molecular formula is C17H18Cl2N4O2. The van der Waals surface area contributed by atoms with E-state index in [2.05, 4.69) is 15.6 Å². The van der Waals surface area contributed by atoms with E-state index in [1.807, 2.05) is 19.0 Å². The van der Waals surface area contributed by atoms with Crippen molar-refractivity contribution >= 4 is 40.7 Å². The first-order chi connectivity index (χ1) is 11.9. The second-order valence-electron chi connectivity index (χ2n) is 5.60. The van der Waals surface area contributed by atoms with Gasteiger partial charge >= 0.3 is 0 Å². The van der Waals surface area contributed by atoms with Gasteiger partial charge in [0.25, 0.3) is 11.8 Å². The molecule has 132 valence electrons. The Hall–Kier alpha value is -2.15. The molecule has 0 atom stereocenters. The Bertz CT molecular complexity index is 781. The number of amides is 2. The molecule has 0 unspecified atom stereocenters. The van der Waals surface area contributed by atoms with Gasteiger partial charge in [0.1, 0.15) is 0 Å². The number of halogens is 2. The smallest absolute Gasteiger partial charge is 0.257 e. The van der Waals surface area contributed by atoms with Crippen LogP contribution in [0.4, 0.5) is 5.69 Å². The van der Waals surface area contributed by atoms with Gasteiger partial charge in [0.15, 0.2) is 0 Å². The Labute approximate surface area is 156 Å². The number of hydrogen-bond acceptors (Lipinski definition) is 4. The highest BCUT2D eigenvalue weighted by atomic mass is 35.5. The molecule has 0 aliphatic carbocycles. The summed E-state index contributed by atoms with van der Waals surface area (Å²) in [6, 6.07) is 6.27. The van der Waals surface area contributed by atoms with Crippen molar-refractivity contribution in [1.82, 2.24) is 15.2 Å². The quantitative estimate of drug-likeness (QED) is 0.807. The summed E-state index contributed by atoms with van der Waals surface area (Å²) in [5.74, 6) is -0.674. The highest BCUT2D eigenvalue weighted by Crippen LogP contribution is 2.25. The van der Waals surface area contributed by atoms with Gasteiger partial charge in [0, 0.05) is 31.2 Å². The van der Waals surface area contributed by atoms with E-state index in [1.165, 1.54) is 18.5 Å². The van der Waals surface area contributed by atoms with Gasteiger partial charge in [0.2, 0.25) is 0 Å². The normalized spacial score (nSPS) is 10.6. The summed E-state index contributed by atoms with van der Waals surface area (Å²) in [4.78, 5) is 30.4. The maximum Gasteiger partial charge on any atom is 0.257 e. The predicted molar refractivity (Wildman–Crippen MR) is 99.5 cm³/mol. The van der Waals surface area contributed by atoms with Crippen LogP contribution in [0.5, 0.6) is 0 Å². The van der Waals surface area contributed by atoms with Crippen LogP contribution in [0.15, 0.2) is 36.7 Å². The maximum absolute atomic E-state index is 12.3. The largest absolute Gasteiger partial charge is 0.351 e. The number of carbonyl (C=O) groups is 2. The first-order valence-corrected chi connectivity index (χ1v) is 8.27. The van der Waals surface area contributed by atoms with Gasteiger partial charge in [-0.1, -0.05) is 23.2 Å². The molecule has 1 aromatic carbocycles. The Morgan fingerprint density at radius 1 is 1.04 bits per heavy atom. The van der Waals surface area contributed by atoms with Gasteiger partial charge in [-0.2, -0.15) is 0 Å². The molecule has 0 aliphatic rings. The summed E-state index contributed by atoms with van der Waals surface area (Å²) in [7, 11) is 3.84. The fraction of sp³-hybridized carbons (Fsp3) is 0.235. The SMILES string of the molecule is CN(C)CCNC(=O)c1cncc(C(=O)Nc2ccc(Cl)c(Cl)c2)c1. The van der Waals surface area contributed by atoms with E-state index < -0.39 is 5.91 Å². The van der Waals surface area contributed by atoms with Gasteiger partial charge in [-0.25, -0.2) is 0 Å². The van der Waals surface area contributed by atoms with E-state index >= 15 is 0 Å². The number of pyridine rings is 1. The Morgan fingerprint density at radius 2 is 1.72 bits per heavy atom. The molecule has 1 heterocycles. The van der Waals surface area contributed by atoms with Gasteiger partial charge in [-0.15, -0.1) is 0 Å². The van der Waals surface area contributed by atoms with Crippen LogP contribution in [0.25, 0.3) is 0 Å². The Morgan fingerprint density at radius 3 is 2.36 bits per heavy atom. The number of likely N-dealkylation sites (N-methyl/N-ethyl adjacent to an activating group) is 1. The molecule has 2 aromatic rings. The van der Waals surface area contributed by atoms with Gasteiger partial charge in [0.05, 0.1) is 21.2 Å². The van der Waals surface area contributed by atoms with Crippen LogP contribution < -0.4 is 10.6 Å². The fourth-order valence-electron chi connectivity index (χ4n) is 1.96. The summed E-state index contributed by atoms with van der Waals surface area (Å²) in [5, 5.41) is 6.21. The first-order valence-electron chi connectivity index (χ1n) is 7.51. The maximum atomic E-state index is 12.3. The van der Waals surface area contributed by atoms with E-state index in [4.69, 9.17) is 23.2 Å². The number of nitrogens with one attached hydrogen (secondary N) is 2. The molecule has 0 saturated heterocycles. The minimum atomic E-state index is -0.395. The van der Waals surface area contributed by atoms with Crippen LogP contribution in [-0.4, -0.2) is 48.9 Å². The topological polar surface area (TPSA) is 74.3 Å². The molecule has 0 radical (unpaired) electrons. The van der Waals surface area contributed by atoms with Crippen molar-refractivity contribution in [1.29, 1.82) is 0 Å². The van der Waals surface area contributed by atoms with E-state index in [9.17, 15) is 9.59 Å². The van der Waals surface area contributed by atoms with Crippen molar-refractivity contribution in [3.05, 3.63) is 57.8 Å². The van der Waals surface area contributed by atoms with Crippen LogP contribution in [0.1, 0.15) is 20.7 Å². The van der Waals surface area contributed by atoms with Crippen molar-refractivity contribution in [3.8, 4) is 0 Å². The summed E-state index contributed by atoms with van der Waals surface area (Å²) >= 11 is 11.8. The minimum absolute atomic E-state index is 0.270. The van der Waals surface area contributed by atoms with Crippen LogP contribution >= 0.6 is 23.2 Å². The molecule has 2 amide bonds. The monoisotopic (exact) mass is 380 g/mol. The third-order valence-corrected chi connectivity index (χ3v) is 4.02.